The summed E-state index contributed by atoms with van der Waals surface area (Å²) < 4.78 is 38.1. The Morgan fingerprint density at radius 2 is 1.71 bits per heavy atom. The van der Waals surface area contributed by atoms with Gasteiger partial charge >= 0.3 is 6.18 Å². The van der Waals surface area contributed by atoms with Gasteiger partial charge in [0.05, 0.1) is 16.3 Å². The lowest BCUT2D eigenvalue weighted by atomic mass is 10.0. The molecule has 184 valence electrons. The van der Waals surface area contributed by atoms with E-state index in [9.17, 15) is 18.0 Å². The van der Waals surface area contributed by atoms with Gasteiger partial charge in [0.1, 0.15) is 5.82 Å². The zero-order valence-electron chi connectivity index (χ0n) is 18.9. The molecule has 0 spiro atoms. The van der Waals surface area contributed by atoms with Gasteiger partial charge in [-0.1, -0.05) is 23.7 Å². The second-order valence-electron chi connectivity index (χ2n) is 8.76. The molecule has 34 heavy (non-hydrogen) atoms. The van der Waals surface area contributed by atoms with Gasteiger partial charge in [-0.2, -0.15) is 13.2 Å². The van der Waals surface area contributed by atoms with Crippen LogP contribution in [0.1, 0.15) is 24.8 Å². The van der Waals surface area contributed by atoms with Crippen LogP contribution in [0.4, 0.5) is 24.7 Å². The van der Waals surface area contributed by atoms with Crippen LogP contribution in [0.5, 0.6) is 0 Å². The van der Waals surface area contributed by atoms with Gasteiger partial charge in [-0.05, 0) is 37.1 Å². The third-order valence-electron chi connectivity index (χ3n) is 6.48. The highest BCUT2D eigenvalue weighted by molar-refractivity contribution is 6.33. The Morgan fingerprint density at radius 3 is 2.32 bits per heavy atom. The van der Waals surface area contributed by atoms with Crippen molar-refractivity contribution in [2.75, 3.05) is 55.6 Å². The predicted octanol–water partition coefficient (Wildman–Crippen LogP) is 4.05. The van der Waals surface area contributed by atoms with Crippen LogP contribution in [0, 0.1) is 0 Å². The van der Waals surface area contributed by atoms with E-state index in [4.69, 9.17) is 11.6 Å². The topological polar surface area (TPSA) is 51.7 Å². The SMILES string of the molecule is O=C(CCN1CCN(c2ccccc2Cl)CC1)NC1CCN(c2ccc(C(F)(F)F)cn2)CC1. The molecule has 1 aromatic heterocycles. The summed E-state index contributed by atoms with van der Waals surface area (Å²) in [7, 11) is 0. The molecule has 1 amide bonds. The van der Waals surface area contributed by atoms with Gasteiger partial charge in [0, 0.05) is 64.5 Å². The van der Waals surface area contributed by atoms with Gasteiger partial charge in [-0.15, -0.1) is 0 Å². The van der Waals surface area contributed by atoms with Gasteiger partial charge in [-0.3, -0.25) is 9.69 Å². The number of nitrogens with zero attached hydrogens (tertiary/aromatic N) is 4. The number of nitrogens with one attached hydrogen (secondary N) is 1. The molecule has 1 aromatic carbocycles. The zero-order chi connectivity index (χ0) is 24.1. The number of benzene rings is 1. The molecule has 10 heteroatoms. The molecule has 3 heterocycles. The van der Waals surface area contributed by atoms with Crippen LogP contribution < -0.4 is 15.1 Å². The quantitative estimate of drug-likeness (QED) is 0.655. The fraction of sp³-hybridized carbons (Fsp3) is 0.500. The van der Waals surface area contributed by atoms with Crippen molar-refractivity contribution in [3.05, 3.63) is 53.2 Å². The Bertz CT molecular complexity index is 956. The number of aromatic nitrogens is 1. The van der Waals surface area contributed by atoms with E-state index < -0.39 is 11.7 Å². The van der Waals surface area contributed by atoms with E-state index >= 15 is 0 Å². The minimum absolute atomic E-state index is 0.0413. The molecule has 2 aliphatic rings. The third kappa shape index (κ3) is 6.33. The molecule has 1 N–H and O–H groups in total. The van der Waals surface area contributed by atoms with Crippen LogP contribution in [0.15, 0.2) is 42.6 Å². The fourth-order valence-corrected chi connectivity index (χ4v) is 4.73. The monoisotopic (exact) mass is 495 g/mol. The van der Waals surface area contributed by atoms with E-state index in [1.165, 1.54) is 6.07 Å². The number of hydrogen-bond acceptors (Lipinski definition) is 5. The zero-order valence-corrected chi connectivity index (χ0v) is 19.7. The van der Waals surface area contributed by atoms with Crippen LogP contribution in [0.2, 0.25) is 5.02 Å². The van der Waals surface area contributed by atoms with E-state index in [0.29, 0.717) is 25.3 Å². The van der Waals surface area contributed by atoms with Crippen LogP contribution in [0.25, 0.3) is 0 Å². The Hall–Kier alpha value is -2.52. The predicted molar refractivity (Wildman–Crippen MR) is 127 cm³/mol. The summed E-state index contributed by atoms with van der Waals surface area (Å²) in [5.74, 6) is 0.577. The number of anilines is 2. The number of carbonyl (C=O) groups excluding carboxylic acids is 1. The summed E-state index contributed by atoms with van der Waals surface area (Å²) in [4.78, 5) is 23.0. The fourth-order valence-electron chi connectivity index (χ4n) is 4.47. The van der Waals surface area contributed by atoms with E-state index in [2.05, 4.69) is 20.1 Å². The minimum Gasteiger partial charge on any atom is -0.368 e. The number of pyridine rings is 1. The van der Waals surface area contributed by atoms with Crippen molar-refractivity contribution in [1.29, 1.82) is 0 Å². The Morgan fingerprint density at radius 1 is 1.00 bits per heavy atom. The molecule has 0 unspecified atom stereocenters. The Kier molecular flexibility index (Phi) is 7.83. The molecule has 2 fully saturated rings. The number of rotatable bonds is 6. The van der Waals surface area contributed by atoms with Gasteiger partial charge in [0.2, 0.25) is 5.91 Å². The number of hydrogen-bond donors (Lipinski definition) is 1. The number of piperazine rings is 1. The van der Waals surface area contributed by atoms with Crippen molar-refractivity contribution in [2.45, 2.75) is 31.5 Å². The summed E-state index contributed by atoms with van der Waals surface area (Å²) in [5, 5.41) is 3.87. The third-order valence-corrected chi connectivity index (χ3v) is 6.80. The van der Waals surface area contributed by atoms with E-state index in [1.807, 2.05) is 29.2 Å². The lowest BCUT2D eigenvalue weighted by Gasteiger charge is -2.36. The van der Waals surface area contributed by atoms with Crippen molar-refractivity contribution in [3.8, 4) is 0 Å². The molecule has 0 saturated carbocycles. The van der Waals surface area contributed by atoms with Gasteiger partial charge in [0.15, 0.2) is 0 Å². The molecule has 0 aliphatic carbocycles. The number of halogens is 4. The van der Waals surface area contributed by atoms with Crippen LogP contribution >= 0.6 is 11.6 Å². The molecule has 6 nitrogen and oxygen atoms in total. The summed E-state index contributed by atoms with van der Waals surface area (Å²) >= 11 is 6.30. The van der Waals surface area contributed by atoms with Gasteiger partial charge in [0.25, 0.3) is 0 Å². The average Bonchev–Trinajstić information content (AvgIpc) is 2.83. The molecule has 2 aromatic rings. The minimum atomic E-state index is -4.38. The number of para-hydroxylation sites is 1. The average molecular weight is 496 g/mol. The molecule has 4 rings (SSSR count). The van der Waals surface area contributed by atoms with Crippen LogP contribution in [0.3, 0.4) is 0 Å². The normalized spacial score (nSPS) is 18.2. The van der Waals surface area contributed by atoms with Crippen molar-refractivity contribution >= 4 is 29.0 Å². The molecule has 2 aliphatic heterocycles. The summed E-state index contributed by atoms with van der Waals surface area (Å²) in [6.07, 6.45) is -1.58. The smallest absolute Gasteiger partial charge is 0.368 e. The summed E-state index contributed by atoms with van der Waals surface area (Å²) in [6.45, 7) is 5.54. The number of carbonyl (C=O) groups is 1. The Balaban J connectivity index is 1.15. The van der Waals surface area contributed by atoms with Gasteiger partial charge < -0.3 is 15.1 Å². The first kappa shape index (κ1) is 24.6. The van der Waals surface area contributed by atoms with Crippen molar-refractivity contribution in [1.82, 2.24) is 15.2 Å². The first-order valence-corrected chi connectivity index (χ1v) is 12.0. The van der Waals surface area contributed by atoms with Crippen molar-refractivity contribution in [2.24, 2.45) is 0 Å². The molecule has 0 bridgehead atoms. The number of piperidine rings is 1. The van der Waals surface area contributed by atoms with E-state index in [1.54, 1.807) is 0 Å². The molecular weight excluding hydrogens is 467 g/mol. The highest BCUT2D eigenvalue weighted by Crippen LogP contribution is 2.30. The van der Waals surface area contributed by atoms with Crippen molar-refractivity contribution in [3.63, 3.8) is 0 Å². The molecule has 0 radical (unpaired) electrons. The largest absolute Gasteiger partial charge is 0.417 e. The Labute approximate surface area is 202 Å². The maximum absolute atomic E-state index is 12.7. The van der Waals surface area contributed by atoms with E-state index in [0.717, 1.165) is 68.5 Å². The maximum atomic E-state index is 12.7. The first-order chi connectivity index (χ1) is 16.3. The lowest BCUT2D eigenvalue weighted by Crippen LogP contribution is -2.48. The second-order valence-corrected chi connectivity index (χ2v) is 9.17. The van der Waals surface area contributed by atoms with Gasteiger partial charge in [-0.25, -0.2) is 4.98 Å². The molecule has 0 atom stereocenters. The number of alkyl halides is 3. The second kappa shape index (κ2) is 10.8. The van der Waals surface area contributed by atoms with E-state index in [-0.39, 0.29) is 11.9 Å². The maximum Gasteiger partial charge on any atom is 0.417 e. The summed E-state index contributed by atoms with van der Waals surface area (Å²) in [5.41, 5.74) is 0.308. The molecule has 2 saturated heterocycles. The van der Waals surface area contributed by atoms with Crippen LogP contribution in [-0.2, 0) is 11.0 Å². The highest BCUT2D eigenvalue weighted by atomic mass is 35.5. The summed E-state index contributed by atoms with van der Waals surface area (Å²) in [6, 6.07) is 10.4. The lowest BCUT2D eigenvalue weighted by molar-refractivity contribution is -0.137. The number of amides is 1. The van der Waals surface area contributed by atoms with Crippen LogP contribution in [-0.4, -0.2) is 67.6 Å². The highest BCUT2D eigenvalue weighted by Gasteiger charge is 2.31. The molecular formula is C24H29ClF3N5O. The van der Waals surface area contributed by atoms with Crippen molar-refractivity contribution < 1.29 is 18.0 Å². The first-order valence-electron chi connectivity index (χ1n) is 11.6. The standard InChI is InChI=1S/C24H29ClF3N5O/c25-20-3-1-2-4-21(20)32-15-13-31(14-16-32)10-9-23(34)30-19-7-11-33(12-8-19)22-6-5-18(17-29-22)24(26,27)28/h1-6,17,19H,7-16H2,(H,30,34).